The molecular weight excluding hydrogens is 285 g/mol. The van der Waals surface area contributed by atoms with Crippen molar-refractivity contribution in [1.82, 2.24) is 4.31 Å². The summed E-state index contributed by atoms with van der Waals surface area (Å²) in [5.74, 6) is -1.60. The summed E-state index contributed by atoms with van der Waals surface area (Å²) < 4.78 is 44.4. The summed E-state index contributed by atoms with van der Waals surface area (Å²) in [6.45, 7) is 4.08. The largest absolute Gasteiger partial charge is 0.462 e. The van der Waals surface area contributed by atoms with Crippen LogP contribution in [0.5, 0.6) is 0 Å². The number of carbonyl (C=O) groups is 1. The predicted molar refractivity (Wildman–Crippen MR) is 70.2 cm³/mol. The molecule has 5 nitrogen and oxygen atoms in total. The molecule has 1 aromatic carbocycles. The second-order valence-corrected chi connectivity index (χ2v) is 6.41. The van der Waals surface area contributed by atoms with Crippen LogP contribution >= 0.6 is 0 Å². The molecule has 0 fully saturated rings. The Hall–Kier alpha value is -1.47. The quantitative estimate of drug-likeness (QED) is 0.797. The number of sulfonamides is 1. The number of halogens is 1. The van der Waals surface area contributed by atoms with Gasteiger partial charge in [0.25, 0.3) is 0 Å². The zero-order chi connectivity index (χ0) is 14.9. The predicted octanol–water partition coefficient (Wildman–Crippen LogP) is 1.92. The van der Waals surface area contributed by atoms with Crippen LogP contribution in [0.3, 0.4) is 0 Å². The van der Waals surface area contributed by atoms with Crippen molar-refractivity contribution in [3.63, 3.8) is 0 Å². The molecule has 7 heteroatoms. The smallest absolute Gasteiger partial charge is 0.341 e. The molecule has 0 spiro atoms. The van der Waals surface area contributed by atoms with Gasteiger partial charge in [-0.3, -0.25) is 0 Å². The van der Waals surface area contributed by atoms with Crippen molar-refractivity contribution in [1.29, 1.82) is 0 Å². The van der Waals surface area contributed by atoms with Crippen molar-refractivity contribution in [3.8, 4) is 0 Å². The van der Waals surface area contributed by atoms with Crippen LogP contribution in [0, 0.1) is 5.82 Å². The maximum absolute atomic E-state index is 13.9. The van der Waals surface area contributed by atoms with Gasteiger partial charge in [0.05, 0.1) is 17.1 Å². The number of ether oxygens (including phenoxy) is 1. The molecule has 0 aromatic heterocycles. The van der Waals surface area contributed by atoms with Gasteiger partial charge in [0, 0.05) is 13.1 Å². The summed E-state index contributed by atoms with van der Waals surface area (Å²) in [5.41, 5.74) is 0.0384. The summed E-state index contributed by atoms with van der Waals surface area (Å²) >= 11 is 0. The van der Waals surface area contributed by atoms with Gasteiger partial charge in [-0.2, -0.15) is 4.31 Å². The van der Waals surface area contributed by atoms with Crippen LogP contribution in [0.25, 0.3) is 0 Å². The first-order chi connectivity index (χ1) is 9.41. The number of hydrogen-bond acceptors (Lipinski definition) is 4. The topological polar surface area (TPSA) is 63.7 Å². The van der Waals surface area contributed by atoms with Crippen LogP contribution in [0.1, 0.15) is 36.2 Å². The second-order valence-electron chi connectivity index (χ2n) is 4.50. The molecule has 0 bridgehead atoms. The summed E-state index contributed by atoms with van der Waals surface area (Å²) in [6, 6.07) is 2.18. The first kappa shape index (κ1) is 14.9. The summed E-state index contributed by atoms with van der Waals surface area (Å²) in [6.07, 6.45) is 0.667. The third kappa shape index (κ3) is 2.43. The van der Waals surface area contributed by atoms with Crippen LogP contribution in [0.2, 0.25) is 0 Å². The highest BCUT2D eigenvalue weighted by Crippen LogP contribution is 2.32. The fraction of sp³-hybridized carbons (Fsp3) is 0.462. The van der Waals surface area contributed by atoms with Gasteiger partial charge >= 0.3 is 5.97 Å². The Morgan fingerprint density at radius 1 is 1.40 bits per heavy atom. The van der Waals surface area contributed by atoms with Gasteiger partial charge in [-0.15, -0.1) is 0 Å². The average Bonchev–Trinajstić information content (AvgIpc) is 2.60. The fourth-order valence-electron chi connectivity index (χ4n) is 2.19. The van der Waals surface area contributed by atoms with Crippen LogP contribution in [-0.2, 0) is 21.3 Å². The SMILES string of the molecule is CCCN1Cc2cc(F)c(C(=O)OCC)cc2S1(=O)=O. The molecule has 1 aliphatic rings. The minimum absolute atomic E-state index is 0.00426. The average molecular weight is 301 g/mol. The second kappa shape index (κ2) is 5.49. The minimum Gasteiger partial charge on any atom is -0.462 e. The molecule has 0 aliphatic carbocycles. The first-order valence-electron chi connectivity index (χ1n) is 6.41. The molecule has 0 saturated heterocycles. The van der Waals surface area contributed by atoms with Gasteiger partial charge < -0.3 is 4.74 Å². The lowest BCUT2D eigenvalue weighted by molar-refractivity contribution is 0.0520. The van der Waals surface area contributed by atoms with E-state index in [1.54, 1.807) is 6.92 Å². The summed E-state index contributed by atoms with van der Waals surface area (Å²) in [5, 5.41) is 0. The molecule has 1 aromatic rings. The normalized spacial score (nSPS) is 16.9. The van der Waals surface area contributed by atoms with E-state index in [0.717, 1.165) is 12.1 Å². The molecule has 1 heterocycles. The van der Waals surface area contributed by atoms with Gasteiger partial charge in [-0.25, -0.2) is 17.6 Å². The van der Waals surface area contributed by atoms with Crippen LogP contribution < -0.4 is 0 Å². The van der Waals surface area contributed by atoms with E-state index in [1.807, 2.05) is 6.92 Å². The molecule has 110 valence electrons. The highest BCUT2D eigenvalue weighted by Gasteiger charge is 2.35. The Morgan fingerprint density at radius 2 is 2.10 bits per heavy atom. The first-order valence-corrected chi connectivity index (χ1v) is 7.85. The van der Waals surface area contributed by atoms with Crippen molar-refractivity contribution >= 4 is 16.0 Å². The standard InChI is InChI=1S/C13H16FNO4S/c1-3-5-15-8-9-6-11(14)10(13(16)19-4-2)7-12(9)20(15,17)18/h6-7H,3-5,8H2,1-2H3. The van der Waals surface area contributed by atoms with Crippen molar-refractivity contribution in [2.75, 3.05) is 13.2 Å². The number of carbonyl (C=O) groups excluding carboxylic acids is 1. The molecule has 0 atom stereocenters. The van der Waals surface area contributed by atoms with Crippen LogP contribution in [-0.4, -0.2) is 31.8 Å². The van der Waals surface area contributed by atoms with Crippen molar-refractivity contribution in [3.05, 3.63) is 29.1 Å². The zero-order valence-electron chi connectivity index (χ0n) is 11.3. The number of fused-ring (bicyclic) bond motifs is 1. The van der Waals surface area contributed by atoms with Gasteiger partial charge in [-0.05, 0) is 31.0 Å². The fourth-order valence-corrected chi connectivity index (χ4v) is 3.92. The number of benzene rings is 1. The monoisotopic (exact) mass is 301 g/mol. The Labute approximate surface area is 117 Å². The van der Waals surface area contributed by atoms with Crippen molar-refractivity contribution in [2.45, 2.75) is 31.7 Å². The van der Waals surface area contributed by atoms with E-state index < -0.39 is 21.8 Å². The van der Waals surface area contributed by atoms with Gasteiger partial charge in [-0.1, -0.05) is 6.92 Å². The van der Waals surface area contributed by atoms with Crippen molar-refractivity contribution < 1.29 is 22.3 Å². The minimum atomic E-state index is -3.64. The van der Waals surface area contributed by atoms with Crippen molar-refractivity contribution in [2.24, 2.45) is 0 Å². The van der Waals surface area contributed by atoms with E-state index >= 15 is 0 Å². The Balaban J connectivity index is 2.48. The van der Waals surface area contributed by atoms with E-state index in [0.29, 0.717) is 18.5 Å². The van der Waals surface area contributed by atoms with E-state index in [4.69, 9.17) is 4.74 Å². The third-order valence-electron chi connectivity index (χ3n) is 3.08. The Morgan fingerprint density at radius 3 is 2.70 bits per heavy atom. The molecule has 0 radical (unpaired) electrons. The molecule has 0 saturated carbocycles. The van der Waals surface area contributed by atoms with Gasteiger partial charge in [0.2, 0.25) is 10.0 Å². The number of esters is 1. The highest BCUT2D eigenvalue weighted by atomic mass is 32.2. The lowest BCUT2D eigenvalue weighted by Gasteiger charge is -2.12. The van der Waals surface area contributed by atoms with E-state index in [-0.39, 0.29) is 23.6 Å². The number of rotatable bonds is 4. The maximum Gasteiger partial charge on any atom is 0.341 e. The molecule has 0 unspecified atom stereocenters. The van der Waals surface area contributed by atoms with Gasteiger partial charge in [0.1, 0.15) is 5.82 Å². The Bertz CT molecular complexity index is 642. The lowest BCUT2D eigenvalue weighted by Crippen LogP contribution is -2.25. The number of hydrogen-bond donors (Lipinski definition) is 0. The number of nitrogens with zero attached hydrogens (tertiary/aromatic N) is 1. The highest BCUT2D eigenvalue weighted by molar-refractivity contribution is 7.89. The zero-order valence-corrected chi connectivity index (χ0v) is 12.2. The lowest BCUT2D eigenvalue weighted by atomic mass is 10.1. The Kier molecular flexibility index (Phi) is 4.10. The summed E-state index contributed by atoms with van der Waals surface area (Å²) in [7, 11) is -3.64. The molecule has 0 N–H and O–H groups in total. The summed E-state index contributed by atoms with van der Waals surface area (Å²) in [4.78, 5) is 11.6. The van der Waals surface area contributed by atoms with E-state index in [1.165, 1.54) is 4.31 Å². The maximum atomic E-state index is 13.9. The van der Waals surface area contributed by atoms with Gasteiger partial charge in [0.15, 0.2) is 0 Å². The van der Waals surface area contributed by atoms with Crippen LogP contribution in [0.4, 0.5) is 4.39 Å². The molecule has 2 rings (SSSR count). The third-order valence-corrected chi connectivity index (χ3v) is 5.01. The molecule has 20 heavy (non-hydrogen) atoms. The van der Waals surface area contributed by atoms with E-state index in [2.05, 4.69) is 0 Å². The molecular formula is C13H16FNO4S. The van der Waals surface area contributed by atoms with Crippen LogP contribution in [0.15, 0.2) is 17.0 Å². The molecule has 0 amide bonds. The van der Waals surface area contributed by atoms with E-state index in [9.17, 15) is 17.6 Å². The molecule has 1 aliphatic heterocycles.